The van der Waals surface area contributed by atoms with Crippen molar-refractivity contribution >= 4 is 15.9 Å². The second-order valence-corrected chi connectivity index (χ2v) is 5.49. The molecule has 3 N–H and O–H groups in total. The third-order valence-electron chi connectivity index (χ3n) is 2.91. The average molecular weight is 321 g/mol. The SMILES string of the molecule is Cc1cc(C(Cc2ccc(Br)cn2)NN)cc(C)n1. The highest BCUT2D eigenvalue weighted by molar-refractivity contribution is 9.10. The fraction of sp³-hybridized carbons (Fsp3) is 0.286. The zero-order chi connectivity index (χ0) is 13.8. The largest absolute Gasteiger partial charge is 0.271 e. The fourth-order valence-electron chi connectivity index (χ4n) is 2.08. The molecule has 0 aliphatic rings. The maximum Gasteiger partial charge on any atom is 0.0516 e. The summed E-state index contributed by atoms with van der Waals surface area (Å²) in [6.45, 7) is 3.98. The first-order valence-electron chi connectivity index (χ1n) is 6.10. The van der Waals surface area contributed by atoms with Crippen LogP contribution in [0.25, 0.3) is 0 Å². The highest BCUT2D eigenvalue weighted by atomic mass is 79.9. The van der Waals surface area contributed by atoms with Crippen LogP contribution in [0.15, 0.2) is 34.9 Å². The Kier molecular flexibility index (Phi) is 4.63. The molecular formula is C14H17BrN4. The van der Waals surface area contributed by atoms with Crippen LogP contribution in [-0.2, 0) is 6.42 Å². The number of nitrogens with two attached hydrogens (primary N) is 1. The maximum atomic E-state index is 5.68. The number of aryl methyl sites for hydroxylation is 2. The Bertz CT molecular complexity index is 534. The van der Waals surface area contributed by atoms with E-state index in [2.05, 4.69) is 43.5 Å². The van der Waals surface area contributed by atoms with Crippen LogP contribution in [-0.4, -0.2) is 9.97 Å². The lowest BCUT2D eigenvalue weighted by molar-refractivity contribution is 0.544. The number of hydrazine groups is 1. The van der Waals surface area contributed by atoms with Gasteiger partial charge < -0.3 is 0 Å². The number of rotatable bonds is 4. The van der Waals surface area contributed by atoms with Crippen molar-refractivity contribution in [1.29, 1.82) is 0 Å². The molecule has 4 nitrogen and oxygen atoms in total. The molecule has 2 rings (SSSR count). The van der Waals surface area contributed by atoms with Gasteiger partial charge in [-0.05, 0) is 59.6 Å². The number of aromatic nitrogens is 2. The van der Waals surface area contributed by atoms with Crippen LogP contribution in [0.5, 0.6) is 0 Å². The van der Waals surface area contributed by atoms with E-state index < -0.39 is 0 Å². The summed E-state index contributed by atoms with van der Waals surface area (Å²) in [6.07, 6.45) is 2.54. The molecule has 0 amide bonds. The van der Waals surface area contributed by atoms with Crippen LogP contribution in [0, 0.1) is 13.8 Å². The number of nitrogens with zero attached hydrogens (tertiary/aromatic N) is 2. The molecule has 5 heteroatoms. The number of hydrogen-bond donors (Lipinski definition) is 2. The van der Waals surface area contributed by atoms with Crippen molar-refractivity contribution in [2.45, 2.75) is 26.3 Å². The topological polar surface area (TPSA) is 63.8 Å². The number of halogens is 1. The van der Waals surface area contributed by atoms with E-state index in [0.29, 0.717) is 0 Å². The summed E-state index contributed by atoms with van der Waals surface area (Å²) < 4.78 is 0.976. The quantitative estimate of drug-likeness (QED) is 0.671. The Morgan fingerprint density at radius 1 is 1.26 bits per heavy atom. The van der Waals surface area contributed by atoms with Crippen molar-refractivity contribution < 1.29 is 0 Å². The van der Waals surface area contributed by atoms with Crippen LogP contribution in [0.4, 0.5) is 0 Å². The van der Waals surface area contributed by atoms with Crippen LogP contribution < -0.4 is 11.3 Å². The predicted octanol–water partition coefficient (Wildman–Crippen LogP) is 2.60. The standard InChI is InChI=1S/C14H17BrN4/c1-9-5-11(6-10(2)18-9)14(19-16)7-13-4-3-12(15)8-17-13/h3-6,8,14,19H,7,16H2,1-2H3. The lowest BCUT2D eigenvalue weighted by atomic mass is 10.0. The molecule has 2 aromatic heterocycles. The van der Waals surface area contributed by atoms with Gasteiger partial charge >= 0.3 is 0 Å². The van der Waals surface area contributed by atoms with Gasteiger partial charge in [0.1, 0.15) is 0 Å². The highest BCUT2D eigenvalue weighted by Crippen LogP contribution is 2.19. The van der Waals surface area contributed by atoms with Crippen molar-refractivity contribution in [2.75, 3.05) is 0 Å². The second-order valence-electron chi connectivity index (χ2n) is 4.57. The summed E-state index contributed by atoms with van der Waals surface area (Å²) in [7, 11) is 0. The second kappa shape index (κ2) is 6.23. The van der Waals surface area contributed by atoms with Gasteiger partial charge in [0.15, 0.2) is 0 Å². The lowest BCUT2D eigenvalue weighted by Gasteiger charge is -2.17. The fourth-order valence-corrected chi connectivity index (χ4v) is 2.31. The number of nitrogens with one attached hydrogen (secondary N) is 1. The molecule has 0 saturated heterocycles. The first-order chi connectivity index (χ1) is 9.08. The van der Waals surface area contributed by atoms with Crippen LogP contribution >= 0.6 is 15.9 Å². The zero-order valence-electron chi connectivity index (χ0n) is 11.0. The molecule has 0 saturated carbocycles. The molecule has 100 valence electrons. The van der Waals surface area contributed by atoms with Crippen molar-refractivity contribution in [3.63, 3.8) is 0 Å². The smallest absolute Gasteiger partial charge is 0.0516 e. The van der Waals surface area contributed by atoms with Gasteiger partial charge in [0, 0.05) is 34.2 Å². The van der Waals surface area contributed by atoms with Crippen molar-refractivity contribution in [2.24, 2.45) is 5.84 Å². The van der Waals surface area contributed by atoms with Gasteiger partial charge in [0.2, 0.25) is 0 Å². The first-order valence-corrected chi connectivity index (χ1v) is 6.89. The van der Waals surface area contributed by atoms with Gasteiger partial charge in [-0.25, -0.2) is 0 Å². The summed E-state index contributed by atoms with van der Waals surface area (Å²) in [5.74, 6) is 5.68. The van der Waals surface area contributed by atoms with Gasteiger partial charge in [0.05, 0.1) is 6.04 Å². The van der Waals surface area contributed by atoms with Crippen molar-refractivity contribution in [3.8, 4) is 0 Å². The van der Waals surface area contributed by atoms with Crippen LogP contribution in [0.3, 0.4) is 0 Å². The van der Waals surface area contributed by atoms with E-state index in [4.69, 9.17) is 5.84 Å². The first kappa shape index (κ1) is 14.1. The summed E-state index contributed by atoms with van der Waals surface area (Å²) in [6, 6.07) is 8.12. The van der Waals surface area contributed by atoms with Crippen molar-refractivity contribution in [1.82, 2.24) is 15.4 Å². The van der Waals surface area contributed by atoms with E-state index in [1.165, 1.54) is 0 Å². The van der Waals surface area contributed by atoms with Gasteiger partial charge in [-0.3, -0.25) is 21.2 Å². The molecule has 0 fully saturated rings. The van der Waals surface area contributed by atoms with Crippen molar-refractivity contribution in [3.05, 3.63) is 57.6 Å². The summed E-state index contributed by atoms with van der Waals surface area (Å²) in [4.78, 5) is 8.76. The van der Waals surface area contributed by atoms with Gasteiger partial charge in [-0.15, -0.1) is 0 Å². The van der Waals surface area contributed by atoms with Gasteiger partial charge in [-0.2, -0.15) is 0 Å². The summed E-state index contributed by atoms with van der Waals surface area (Å²) in [5.41, 5.74) is 6.99. The van der Waals surface area contributed by atoms with E-state index in [1.807, 2.05) is 26.0 Å². The van der Waals surface area contributed by atoms with E-state index in [-0.39, 0.29) is 6.04 Å². The van der Waals surface area contributed by atoms with Crippen LogP contribution in [0.2, 0.25) is 0 Å². The number of hydrogen-bond acceptors (Lipinski definition) is 4. The Morgan fingerprint density at radius 3 is 2.47 bits per heavy atom. The average Bonchev–Trinajstić information content (AvgIpc) is 2.37. The molecule has 0 bridgehead atoms. The molecule has 0 aromatic carbocycles. The lowest BCUT2D eigenvalue weighted by Crippen LogP contribution is -2.30. The maximum absolute atomic E-state index is 5.68. The monoisotopic (exact) mass is 320 g/mol. The number of pyridine rings is 2. The Hall–Kier alpha value is -1.30. The molecule has 1 atom stereocenters. The predicted molar refractivity (Wildman–Crippen MR) is 79.4 cm³/mol. The summed E-state index contributed by atoms with van der Waals surface area (Å²) in [5, 5.41) is 0. The minimum atomic E-state index is 0.0362. The molecule has 0 aliphatic heterocycles. The molecule has 19 heavy (non-hydrogen) atoms. The Morgan fingerprint density at radius 2 is 1.95 bits per heavy atom. The van der Waals surface area contributed by atoms with E-state index in [9.17, 15) is 0 Å². The molecule has 2 aromatic rings. The molecule has 0 aliphatic carbocycles. The third kappa shape index (κ3) is 3.83. The molecule has 0 spiro atoms. The zero-order valence-corrected chi connectivity index (χ0v) is 12.6. The normalized spacial score (nSPS) is 12.4. The highest BCUT2D eigenvalue weighted by Gasteiger charge is 2.12. The summed E-state index contributed by atoms with van der Waals surface area (Å²) >= 11 is 3.38. The van der Waals surface area contributed by atoms with E-state index in [1.54, 1.807) is 6.20 Å². The molecule has 1 unspecified atom stereocenters. The Labute approximate surface area is 121 Å². The van der Waals surface area contributed by atoms with Gasteiger partial charge in [-0.1, -0.05) is 0 Å². The van der Waals surface area contributed by atoms with Crippen LogP contribution in [0.1, 0.15) is 28.7 Å². The van der Waals surface area contributed by atoms with E-state index >= 15 is 0 Å². The van der Waals surface area contributed by atoms with Gasteiger partial charge in [0.25, 0.3) is 0 Å². The molecule has 0 radical (unpaired) electrons. The Balaban J connectivity index is 2.22. The third-order valence-corrected chi connectivity index (χ3v) is 3.38. The van der Waals surface area contributed by atoms with E-state index in [0.717, 1.165) is 33.5 Å². The minimum absolute atomic E-state index is 0.0362. The molecule has 2 heterocycles. The minimum Gasteiger partial charge on any atom is -0.271 e. The molecular weight excluding hydrogens is 304 g/mol.